The summed E-state index contributed by atoms with van der Waals surface area (Å²) in [6.07, 6.45) is 5.82. The summed E-state index contributed by atoms with van der Waals surface area (Å²) < 4.78 is 0. The van der Waals surface area contributed by atoms with E-state index in [0.717, 1.165) is 16.7 Å². The van der Waals surface area contributed by atoms with Crippen molar-refractivity contribution in [3.8, 4) is 46.4 Å². The second-order valence-corrected chi connectivity index (χ2v) is 18.8. The number of hydrogen-bond acceptors (Lipinski definition) is 0. The van der Waals surface area contributed by atoms with Gasteiger partial charge in [-0.1, -0.05) is 155 Å². The van der Waals surface area contributed by atoms with Gasteiger partial charge in [0.1, 0.15) is 0 Å². The van der Waals surface area contributed by atoms with Gasteiger partial charge in [0.05, 0.1) is 0 Å². The molecule has 0 atom stereocenters. The van der Waals surface area contributed by atoms with Crippen LogP contribution in [0.2, 0.25) is 0 Å². The first-order valence-electron chi connectivity index (χ1n) is 20.2. The zero-order valence-corrected chi connectivity index (χ0v) is 34.4. The Morgan fingerprint density at radius 1 is 0.379 bits per heavy atom. The van der Waals surface area contributed by atoms with Gasteiger partial charge >= 0.3 is 0 Å². The lowest BCUT2D eigenvalue weighted by atomic mass is 9.68. The maximum Gasteiger partial charge on any atom is 0.0255 e. The molecule has 7 aromatic rings. The fourth-order valence-corrected chi connectivity index (χ4v) is 11.0. The molecule has 0 N–H and O–H groups in total. The molecule has 7 aromatic carbocycles. The van der Waals surface area contributed by atoms with Crippen molar-refractivity contribution in [2.45, 2.75) is 106 Å². The van der Waals surface area contributed by atoms with Gasteiger partial charge in [0.2, 0.25) is 0 Å². The molecule has 0 saturated heterocycles. The molecule has 0 heteroatoms. The summed E-state index contributed by atoms with van der Waals surface area (Å²) in [5.41, 5.74) is 23.0. The van der Waals surface area contributed by atoms with E-state index in [1.807, 2.05) is 18.2 Å². The van der Waals surface area contributed by atoms with Gasteiger partial charge in [-0.25, -0.2) is 0 Å². The smallest absolute Gasteiger partial charge is 0.0255 e. The summed E-state index contributed by atoms with van der Waals surface area (Å²) in [7, 11) is 0. The topological polar surface area (TPSA) is 0 Å². The zero-order chi connectivity index (χ0) is 39.3. The Kier molecular flexibility index (Phi) is 8.47. The lowest BCUT2D eigenvalue weighted by Gasteiger charge is -2.35. The van der Waals surface area contributed by atoms with Crippen LogP contribution in [0.1, 0.15) is 143 Å². The van der Waals surface area contributed by atoms with E-state index < -0.39 is 0 Å². The molecule has 0 fully saturated rings. The minimum Gasteiger partial charge on any atom is -0.115 e. The van der Waals surface area contributed by atoms with Crippen LogP contribution in [0, 0.1) is 38.0 Å². The van der Waals surface area contributed by atoms with Crippen LogP contribution in [0.5, 0.6) is 0 Å². The molecule has 11 rings (SSSR count). The molecule has 0 aliphatic heterocycles. The van der Waals surface area contributed by atoms with Crippen molar-refractivity contribution < 1.29 is 0 Å². The van der Waals surface area contributed by atoms with Gasteiger partial charge in [0.15, 0.2) is 0 Å². The summed E-state index contributed by atoms with van der Waals surface area (Å²) in [6.45, 7) is 23.4. The van der Waals surface area contributed by atoms with Crippen molar-refractivity contribution in [1.82, 2.24) is 0 Å². The third-order valence-electron chi connectivity index (χ3n) is 14.2. The van der Waals surface area contributed by atoms with Crippen LogP contribution in [-0.4, -0.2) is 0 Å². The Morgan fingerprint density at radius 2 is 0.741 bits per heavy atom. The highest BCUT2D eigenvalue weighted by Gasteiger charge is 2.46. The van der Waals surface area contributed by atoms with Crippen LogP contribution in [0.15, 0.2) is 103 Å². The Morgan fingerprint density at radius 3 is 1.16 bits per heavy atom. The van der Waals surface area contributed by atoms with E-state index in [1.165, 1.54) is 99.4 Å². The average Bonchev–Trinajstić information content (AvgIpc) is 3.55. The van der Waals surface area contributed by atoms with Crippen molar-refractivity contribution in [1.29, 1.82) is 0 Å². The van der Waals surface area contributed by atoms with Crippen LogP contribution < -0.4 is 0 Å². The van der Waals surface area contributed by atoms with Gasteiger partial charge in [-0.05, 0) is 150 Å². The van der Waals surface area contributed by atoms with Crippen LogP contribution in [0.25, 0.3) is 43.8 Å². The summed E-state index contributed by atoms with van der Waals surface area (Å²) in [5.74, 6) is 9.74. The number of aryl methyl sites for hydroxylation is 2. The number of benzene rings is 7. The van der Waals surface area contributed by atoms with E-state index in [-0.39, 0.29) is 36.5 Å². The Hall–Kier alpha value is -5.82. The summed E-state index contributed by atoms with van der Waals surface area (Å²) >= 11 is 0. The lowest BCUT2D eigenvalue weighted by Crippen LogP contribution is -2.24. The molecular weight excluding hydrogens is 697 g/mol. The fraction of sp³-hybridized carbons (Fsp3) is 0.276. The fourth-order valence-electron chi connectivity index (χ4n) is 11.0. The van der Waals surface area contributed by atoms with Gasteiger partial charge in [0.25, 0.3) is 0 Å². The van der Waals surface area contributed by atoms with E-state index in [0.29, 0.717) is 0 Å². The molecule has 58 heavy (non-hydrogen) atoms. The second kappa shape index (κ2) is 12.6. The molecule has 0 bridgehead atoms. The largest absolute Gasteiger partial charge is 0.115 e. The van der Waals surface area contributed by atoms with Gasteiger partial charge in [-0.2, -0.15) is 0 Å². The Balaban J connectivity index is 0.000000160. The quantitative estimate of drug-likeness (QED) is 0.135. The molecule has 0 unspecified atom stereocenters. The molecule has 0 radical (unpaired) electrons. The summed E-state index contributed by atoms with van der Waals surface area (Å²) in [4.78, 5) is 0. The molecule has 0 spiro atoms. The van der Waals surface area contributed by atoms with Gasteiger partial charge in [-0.15, -0.1) is 6.42 Å². The van der Waals surface area contributed by atoms with Crippen LogP contribution in [0.3, 0.4) is 0 Å². The highest BCUT2D eigenvalue weighted by Crippen LogP contribution is 2.61. The summed E-state index contributed by atoms with van der Waals surface area (Å²) in [6, 6.07) is 37.9. The van der Waals surface area contributed by atoms with E-state index >= 15 is 0 Å². The predicted molar refractivity (Wildman–Crippen MR) is 251 cm³/mol. The first kappa shape index (κ1) is 39.0. The molecular formula is C58H56. The number of rotatable bonds is 0. The number of terminal acetylenes is 1. The highest BCUT2D eigenvalue weighted by molar-refractivity contribution is 6.10. The third kappa shape index (κ3) is 4.91. The van der Waals surface area contributed by atoms with Crippen molar-refractivity contribution in [3.63, 3.8) is 0 Å². The first-order chi connectivity index (χ1) is 26.6. The van der Waals surface area contributed by atoms with Crippen molar-refractivity contribution in [3.05, 3.63) is 175 Å². The highest BCUT2D eigenvalue weighted by atomic mass is 14.5. The predicted octanol–water partition coefficient (Wildman–Crippen LogP) is 14.8. The van der Waals surface area contributed by atoms with Gasteiger partial charge < -0.3 is 0 Å². The summed E-state index contributed by atoms with van der Waals surface area (Å²) in [5, 5.41) is 5.70. The Labute approximate surface area is 347 Å². The second-order valence-electron chi connectivity index (χ2n) is 18.8. The standard InChI is InChI=1S/C31H26.C25H22.2CH4/c1-19-16-24-29-27-22(19)12-9-13-23(27)30(2,3)25-17-21(15-14-20-10-7-6-8-11-20)18-26(28(25)29)31(24,4)5;1-7-15-12-19-22-20(13-15)25(5,6)18-11-14(2)16-9-8-10-17(24(19,3)4)21(16)23(18)22;;/h6-13,16-18H,1-5H3;1,8-13H,2-6H3;2*1H4. The molecule has 4 aliphatic rings. The van der Waals surface area contributed by atoms with Crippen molar-refractivity contribution >= 4 is 21.5 Å². The number of hydrogen-bond donors (Lipinski definition) is 0. The molecule has 0 aromatic heterocycles. The van der Waals surface area contributed by atoms with E-state index in [1.54, 1.807) is 0 Å². The maximum atomic E-state index is 5.82. The van der Waals surface area contributed by atoms with E-state index in [2.05, 4.69) is 172 Å². The van der Waals surface area contributed by atoms with Crippen LogP contribution >= 0.6 is 0 Å². The molecule has 0 amide bonds. The maximum absolute atomic E-state index is 5.82. The minimum atomic E-state index is -0.0630. The molecule has 288 valence electrons. The van der Waals surface area contributed by atoms with Gasteiger partial charge in [-0.3, -0.25) is 0 Å². The minimum absolute atomic E-state index is 0. The van der Waals surface area contributed by atoms with Gasteiger partial charge in [0, 0.05) is 38.4 Å². The molecule has 0 nitrogen and oxygen atoms in total. The van der Waals surface area contributed by atoms with Crippen molar-refractivity contribution in [2.24, 2.45) is 0 Å². The monoisotopic (exact) mass is 752 g/mol. The SMILES string of the molecule is C.C.C#Cc1cc2c3c(c1)C(C)(C)c1cccc4c(C)cc(c-3c14)C2(C)C.Cc1cc2c3c4c(cccc14)C(C)(C)c1cc(C#Cc4ccccc4)cc(c1-3)C2(C)C. The lowest BCUT2D eigenvalue weighted by molar-refractivity contribution is 0.638. The molecule has 0 saturated carbocycles. The molecule has 4 aliphatic carbocycles. The van der Waals surface area contributed by atoms with E-state index in [4.69, 9.17) is 6.42 Å². The first-order valence-corrected chi connectivity index (χ1v) is 20.2. The van der Waals surface area contributed by atoms with Crippen molar-refractivity contribution in [2.75, 3.05) is 0 Å². The van der Waals surface area contributed by atoms with Crippen LogP contribution in [-0.2, 0) is 21.7 Å². The zero-order valence-electron chi connectivity index (χ0n) is 34.4. The van der Waals surface area contributed by atoms with E-state index in [9.17, 15) is 0 Å². The third-order valence-corrected chi connectivity index (χ3v) is 14.2. The molecule has 0 heterocycles. The average molecular weight is 753 g/mol. The normalized spacial score (nSPS) is 16.2. The Bertz CT molecular complexity index is 3030. The van der Waals surface area contributed by atoms with Crippen LogP contribution in [0.4, 0.5) is 0 Å².